The summed E-state index contributed by atoms with van der Waals surface area (Å²) in [6, 6.07) is 4.04. The summed E-state index contributed by atoms with van der Waals surface area (Å²) in [7, 11) is 0. The first-order chi connectivity index (χ1) is 6.81. The number of thiol groups is 1. The largest absolute Gasteiger partial charge is 0.240 e. The van der Waals surface area contributed by atoms with Gasteiger partial charge < -0.3 is 0 Å². The molecule has 0 aliphatic heterocycles. The third-order valence-electron chi connectivity index (χ3n) is 1.94. The van der Waals surface area contributed by atoms with Crippen molar-refractivity contribution < 1.29 is 0 Å². The summed E-state index contributed by atoms with van der Waals surface area (Å²) >= 11 is 5.87. The molecular weight excluding hydrogens is 212 g/mol. The SMILES string of the molecule is Cc1ccsc1-c1ccnc(CS)n1. The number of thiophene rings is 1. The maximum Gasteiger partial charge on any atom is 0.138 e. The van der Waals surface area contributed by atoms with Crippen LogP contribution in [0.25, 0.3) is 10.6 Å². The number of aromatic nitrogens is 2. The van der Waals surface area contributed by atoms with Crippen LogP contribution < -0.4 is 0 Å². The van der Waals surface area contributed by atoms with Crippen molar-refractivity contribution in [1.82, 2.24) is 9.97 Å². The minimum atomic E-state index is 0.582. The van der Waals surface area contributed by atoms with Crippen molar-refractivity contribution in [3.8, 4) is 10.6 Å². The third-order valence-corrected chi connectivity index (χ3v) is 3.26. The molecule has 0 amide bonds. The van der Waals surface area contributed by atoms with Gasteiger partial charge in [0, 0.05) is 6.20 Å². The molecule has 4 heteroatoms. The lowest BCUT2D eigenvalue weighted by Crippen LogP contribution is -1.92. The maximum absolute atomic E-state index is 4.42. The molecule has 0 saturated carbocycles. The van der Waals surface area contributed by atoms with E-state index in [0.29, 0.717) is 5.75 Å². The molecule has 0 radical (unpaired) electrons. The first kappa shape index (κ1) is 9.68. The molecule has 0 unspecified atom stereocenters. The minimum absolute atomic E-state index is 0.582. The Hall–Kier alpha value is -0.870. The van der Waals surface area contributed by atoms with Crippen LogP contribution in [0, 0.1) is 6.92 Å². The number of hydrogen-bond acceptors (Lipinski definition) is 4. The Bertz CT molecular complexity index is 437. The van der Waals surface area contributed by atoms with Crippen LogP contribution in [0.5, 0.6) is 0 Å². The van der Waals surface area contributed by atoms with Crippen LogP contribution >= 0.6 is 24.0 Å². The van der Waals surface area contributed by atoms with Gasteiger partial charge in [-0.15, -0.1) is 11.3 Å². The monoisotopic (exact) mass is 222 g/mol. The van der Waals surface area contributed by atoms with E-state index in [0.717, 1.165) is 11.5 Å². The molecule has 14 heavy (non-hydrogen) atoms. The fourth-order valence-electron chi connectivity index (χ4n) is 1.24. The van der Waals surface area contributed by atoms with E-state index in [9.17, 15) is 0 Å². The zero-order chi connectivity index (χ0) is 9.97. The highest BCUT2D eigenvalue weighted by atomic mass is 32.1. The molecule has 0 bridgehead atoms. The molecule has 0 atom stereocenters. The van der Waals surface area contributed by atoms with E-state index >= 15 is 0 Å². The summed E-state index contributed by atoms with van der Waals surface area (Å²) in [6.45, 7) is 2.09. The molecular formula is C10H10N2S2. The van der Waals surface area contributed by atoms with Crippen molar-refractivity contribution in [2.45, 2.75) is 12.7 Å². The molecule has 0 fully saturated rings. The molecule has 0 aliphatic carbocycles. The Kier molecular flexibility index (Phi) is 2.84. The summed E-state index contributed by atoms with van der Waals surface area (Å²) in [5, 5.41) is 2.08. The lowest BCUT2D eigenvalue weighted by molar-refractivity contribution is 1.04. The van der Waals surface area contributed by atoms with Crippen LogP contribution in [-0.4, -0.2) is 9.97 Å². The normalized spacial score (nSPS) is 10.4. The highest BCUT2D eigenvalue weighted by molar-refractivity contribution is 7.79. The molecule has 2 aromatic heterocycles. The summed E-state index contributed by atoms with van der Waals surface area (Å²) in [5.41, 5.74) is 2.26. The van der Waals surface area contributed by atoms with E-state index < -0.39 is 0 Å². The number of rotatable bonds is 2. The average molecular weight is 222 g/mol. The fraction of sp³-hybridized carbons (Fsp3) is 0.200. The number of aryl methyl sites for hydroxylation is 1. The lowest BCUT2D eigenvalue weighted by atomic mass is 10.2. The van der Waals surface area contributed by atoms with Crippen LogP contribution in [0.15, 0.2) is 23.7 Å². The fourth-order valence-corrected chi connectivity index (χ4v) is 2.29. The van der Waals surface area contributed by atoms with Gasteiger partial charge in [0.05, 0.1) is 16.3 Å². The van der Waals surface area contributed by atoms with E-state index in [1.807, 2.05) is 6.07 Å². The molecule has 0 saturated heterocycles. The molecule has 2 heterocycles. The highest BCUT2D eigenvalue weighted by Crippen LogP contribution is 2.26. The predicted octanol–water partition coefficient (Wildman–Crippen LogP) is 2.94. The van der Waals surface area contributed by atoms with Gasteiger partial charge in [0.1, 0.15) is 5.82 Å². The molecule has 72 valence electrons. The zero-order valence-corrected chi connectivity index (χ0v) is 9.48. The standard InChI is InChI=1S/C10H10N2S2/c1-7-3-5-14-10(7)8-2-4-11-9(6-13)12-8/h2-5,13H,6H2,1H3. The number of hydrogen-bond donors (Lipinski definition) is 1. The predicted molar refractivity (Wildman–Crippen MR) is 62.8 cm³/mol. The summed E-state index contributed by atoms with van der Waals surface area (Å²) < 4.78 is 0. The van der Waals surface area contributed by atoms with Crippen molar-refractivity contribution >= 4 is 24.0 Å². The highest BCUT2D eigenvalue weighted by Gasteiger charge is 2.05. The molecule has 0 spiro atoms. The summed E-state index contributed by atoms with van der Waals surface area (Å²) in [5.74, 6) is 1.36. The van der Waals surface area contributed by atoms with Gasteiger partial charge in [-0.05, 0) is 30.0 Å². The van der Waals surface area contributed by atoms with Crippen molar-refractivity contribution in [2.75, 3.05) is 0 Å². The molecule has 2 nitrogen and oxygen atoms in total. The zero-order valence-electron chi connectivity index (χ0n) is 7.77. The maximum atomic E-state index is 4.42. The topological polar surface area (TPSA) is 25.8 Å². The molecule has 0 N–H and O–H groups in total. The second-order valence-corrected chi connectivity index (χ2v) is 4.18. The Morgan fingerprint density at radius 3 is 2.93 bits per heavy atom. The smallest absolute Gasteiger partial charge is 0.138 e. The van der Waals surface area contributed by atoms with Crippen LogP contribution in [0.3, 0.4) is 0 Å². The number of nitrogens with zero attached hydrogens (tertiary/aromatic N) is 2. The van der Waals surface area contributed by atoms with Crippen LogP contribution in [0.2, 0.25) is 0 Å². The van der Waals surface area contributed by atoms with E-state index in [4.69, 9.17) is 0 Å². The first-order valence-electron chi connectivity index (χ1n) is 4.28. The molecule has 0 aromatic carbocycles. The van der Waals surface area contributed by atoms with E-state index in [-0.39, 0.29) is 0 Å². The first-order valence-corrected chi connectivity index (χ1v) is 5.79. The summed E-state index contributed by atoms with van der Waals surface area (Å²) in [4.78, 5) is 9.75. The van der Waals surface area contributed by atoms with Crippen LogP contribution in [-0.2, 0) is 5.75 Å². The summed E-state index contributed by atoms with van der Waals surface area (Å²) in [6.07, 6.45) is 1.78. The third kappa shape index (κ3) is 1.81. The Morgan fingerprint density at radius 1 is 1.43 bits per heavy atom. The van der Waals surface area contributed by atoms with E-state index in [1.54, 1.807) is 17.5 Å². The van der Waals surface area contributed by atoms with Crippen LogP contribution in [0.4, 0.5) is 0 Å². The van der Waals surface area contributed by atoms with Crippen molar-refractivity contribution in [3.05, 3.63) is 35.1 Å². The lowest BCUT2D eigenvalue weighted by Gasteiger charge is -2.00. The van der Waals surface area contributed by atoms with Crippen molar-refractivity contribution in [1.29, 1.82) is 0 Å². The van der Waals surface area contributed by atoms with Gasteiger partial charge in [-0.25, -0.2) is 9.97 Å². The molecule has 2 rings (SSSR count). The van der Waals surface area contributed by atoms with Gasteiger partial charge in [-0.2, -0.15) is 12.6 Å². The van der Waals surface area contributed by atoms with E-state index in [1.165, 1.54) is 10.4 Å². The van der Waals surface area contributed by atoms with Crippen molar-refractivity contribution in [2.24, 2.45) is 0 Å². The quantitative estimate of drug-likeness (QED) is 0.791. The second kappa shape index (κ2) is 4.11. The van der Waals surface area contributed by atoms with Crippen molar-refractivity contribution in [3.63, 3.8) is 0 Å². The Balaban J connectivity index is 2.47. The van der Waals surface area contributed by atoms with E-state index in [2.05, 4.69) is 41.0 Å². The molecule has 0 aliphatic rings. The Labute approximate surface area is 92.5 Å². The van der Waals surface area contributed by atoms with Gasteiger partial charge in [0.25, 0.3) is 0 Å². The second-order valence-electron chi connectivity index (χ2n) is 2.95. The van der Waals surface area contributed by atoms with Gasteiger partial charge in [-0.3, -0.25) is 0 Å². The molecule has 2 aromatic rings. The van der Waals surface area contributed by atoms with Gasteiger partial charge in [0.15, 0.2) is 0 Å². The van der Waals surface area contributed by atoms with Gasteiger partial charge in [-0.1, -0.05) is 0 Å². The van der Waals surface area contributed by atoms with Gasteiger partial charge in [0.2, 0.25) is 0 Å². The minimum Gasteiger partial charge on any atom is -0.240 e. The average Bonchev–Trinajstić information content (AvgIpc) is 2.65. The Morgan fingerprint density at radius 2 is 2.29 bits per heavy atom. The van der Waals surface area contributed by atoms with Crippen LogP contribution in [0.1, 0.15) is 11.4 Å². The van der Waals surface area contributed by atoms with Gasteiger partial charge >= 0.3 is 0 Å².